The maximum Gasteiger partial charge on any atom is 0.0526 e. The van der Waals surface area contributed by atoms with E-state index < -0.39 is 0 Å². The summed E-state index contributed by atoms with van der Waals surface area (Å²) < 4.78 is 0. The molecule has 0 bridgehead atoms. The lowest BCUT2D eigenvalue weighted by Gasteiger charge is -2.16. The molecule has 1 aromatic rings. The normalized spacial score (nSPS) is 14.8. The van der Waals surface area contributed by atoms with Gasteiger partial charge in [-0.25, -0.2) is 0 Å². The van der Waals surface area contributed by atoms with Gasteiger partial charge in [-0.05, 0) is 45.2 Å². The van der Waals surface area contributed by atoms with Gasteiger partial charge in [-0.15, -0.1) is 0 Å². The lowest BCUT2D eigenvalue weighted by Crippen LogP contribution is -2.28. The molecular formula is C14H23NO. The van der Waals surface area contributed by atoms with Crippen molar-refractivity contribution in [3.63, 3.8) is 0 Å². The molecular weight excluding hydrogens is 198 g/mol. The van der Waals surface area contributed by atoms with Gasteiger partial charge in [-0.3, -0.25) is 0 Å². The minimum atomic E-state index is -0.235. The lowest BCUT2D eigenvalue weighted by atomic mass is 10.1. The second-order valence-corrected chi connectivity index (χ2v) is 4.80. The van der Waals surface area contributed by atoms with Gasteiger partial charge in [-0.2, -0.15) is 0 Å². The van der Waals surface area contributed by atoms with Crippen LogP contribution in [-0.4, -0.2) is 17.3 Å². The third kappa shape index (κ3) is 4.33. The number of hydrogen-bond acceptors (Lipinski definition) is 2. The van der Waals surface area contributed by atoms with E-state index in [9.17, 15) is 5.11 Å². The van der Waals surface area contributed by atoms with E-state index in [4.69, 9.17) is 0 Å². The fourth-order valence-corrected chi connectivity index (χ4v) is 1.92. The minimum absolute atomic E-state index is 0.235. The Kier molecular flexibility index (Phi) is 4.97. The molecule has 0 spiro atoms. The summed E-state index contributed by atoms with van der Waals surface area (Å²) in [5.41, 5.74) is 3.97. The molecule has 90 valence electrons. The Labute approximate surface area is 98.7 Å². The summed E-state index contributed by atoms with van der Waals surface area (Å²) in [6.45, 7) is 9.06. The van der Waals surface area contributed by atoms with Gasteiger partial charge in [0.1, 0.15) is 0 Å². The topological polar surface area (TPSA) is 32.3 Å². The molecule has 1 rings (SSSR count). The zero-order chi connectivity index (χ0) is 12.1. The second kappa shape index (κ2) is 6.02. The second-order valence-electron chi connectivity index (χ2n) is 4.80. The van der Waals surface area contributed by atoms with E-state index in [0.29, 0.717) is 6.04 Å². The standard InChI is InChI=1S/C14H23NO/c1-10-5-6-14(11(2)7-10)9-15-12(3)8-13(4)16/h5-7,12-13,15-16H,8-9H2,1-4H3. The summed E-state index contributed by atoms with van der Waals surface area (Å²) in [5, 5.41) is 12.7. The average Bonchev–Trinajstić information content (AvgIpc) is 2.15. The number of aryl methyl sites for hydroxylation is 2. The summed E-state index contributed by atoms with van der Waals surface area (Å²) in [7, 11) is 0. The van der Waals surface area contributed by atoms with Crippen LogP contribution >= 0.6 is 0 Å². The van der Waals surface area contributed by atoms with Crippen LogP contribution in [0.3, 0.4) is 0 Å². The van der Waals surface area contributed by atoms with Gasteiger partial charge in [-0.1, -0.05) is 23.8 Å². The molecule has 0 aliphatic rings. The first-order chi connectivity index (χ1) is 7.49. The van der Waals surface area contributed by atoms with E-state index in [1.807, 2.05) is 6.92 Å². The number of nitrogens with one attached hydrogen (secondary N) is 1. The molecule has 0 saturated carbocycles. The Morgan fingerprint density at radius 2 is 1.94 bits per heavy atom. The Morgan fingerprint density at radius 1 is 1.25 bits per heavy atom. The number of benzene rings is 1. The monoisotopic (exact) mass is 221 g/mol. The Hall–Kier alpha value is -0.860. The molecule has 0 amide bonds. The molecule has 1 aromatic carbocycles. The third-order valence-electron chi connectivity index (χ3n) is 2.83. The van der Waals surface area contributed by atoms with Crippen LogP contribution in [0.1, 0.15) is 37.0 Å². The molecule has 2 heteroatoms. The molecule has 0 radical (unpaired) electrons. The molecule has 2 N–H and O–H groups in total. The molecule has 0 aliphatic heterocycles. The van der Waals surface area contributed by atoms with Crippen molar-refractivity contribution in [2.45, 2.75) is 52.8 Å². The first-order valence-corrected chi connectivity index (χ1v) is 5.96. The number of aliphatic hydroxyl groups is 1. The van der Waals surface area contributed by atoms with E-state index in [2.05, 4.69) is 44.3 Å². The zero-order valence-electron chi connectivity index (χ0n) is 10.7. The van der Waals surface area contributed by atoms with Crippen LogP contribution in [0.15, 0.2) is 18.2 Å². The van der Waals surface area contributed by atoms with Gasteiger partial charge in [0.25, 0.3) is 0 Å². The Balaban J connectivity index is 2.48. The maximum atomic E-state index is 9.27. The van der Waals surface area contributed by atoms with Gasteiger partial charge in [0.2, 0.25) is 0 Å². The highest BCUT2D eigenvalue weighted by Crippen LogP contribution is 2.10. The Bertz CT molecular complexity index is 334. The van der Waals surface area contributed by atoms with E-state index >= 15 is 0 Å². The first-order valence-electron chi connectivity index (χ1n) is 5.96. The van der Waals surface area contributed by atoms with E-state index in [1.165, 1.54) is 16.7 Å². The highest BCUT2D eigenvalue weighted by atomic mass is 16.3. The molecule has 2 nitrogen and oxygen atoms in total. The van der Waals surface area contributed by atoms with Crippen LogP contribution in [0.4, 0.5) is 0 Å². The summed E-state index contributed by atoms with van der Waals surface area (Å²) >= 11 is 0. The molecule has 16 heavy (non-hydrogen) atoms. The van der Waals surface area contributed by atoms with E-state index in [1.54, 1.807) is 0 Å². The largest absolute Gasteiger partial charge is 0.393 e. The summed E-state index contributed by atoms with van der Waals surface area (Å²) in [4.78, 5) is 0. The van der Waals surface area contributed by atoms with Crippen LogP contribution < -0.4 is 5.32 Å². The molecule has 0 aromatic heterocycles. The highest BCUT2D eigenvalue weighted by Gasteiger charge is 2.06. The van der Waals surface area contributed by atoms with Crippen molar-refractivity contribution in [3.05, 3.63) is 34.9 Å². The van der Waals surface area contributed by atoms with E-state index in [-0.39, 0.29) is 6.10 Å². The molecule has 2 atom stereocenters. The quantitative estimate of drug-likeness (QED) is 0.801. The SMILES string of the molecule is Cc1ccc(CNC(C)CC(C)O)c(C)c1. The lowest BCUT2D eigenvalue weighted by molar-refractivity contribution is 0.170. The van der Waals surface area contributed by atoms with E-state index in [0.717, 1.165) is 13.0 Å². The molecule has 2 unspecified atom stereocenters. The van der Waals surface area contributed by atoms with Crippen LogP contribution in [0, 0.1) is 13.8 Å². The van der Waals surface area contributed by atoms with Gasteiger partial charge in [0.15, 0.2) is 0 Å². The van der Waals surface area contributed by atoms with Crippen LogP contribution in [0.25, 0.3) is 0 Å². The van der Waals surface area contributed by atoms with Crippen LogP contribution in [-0.2, 0) is 6.54 Å². The van der Waals surface area contributed by atoms with Gasteiger partial charge < -0.3 is 10.4 Å². The highest BCUT2D eigenvalue weighted by molar-refractivity contribution is 5.30. The smallest absolute Gasteiger partial charge is 0.0526 e. The molecule has 0 aliphatic carbocycles. The number of aliphatic hydroxyl groups excluding tert-OH is 1. The van der Waals surface area contributed by atoms with Crippen LogP contribution in [0.2, 0.25) is 0 Å². The number of rotatable bonds is 5. The fraction of sp³-hybridized carbons (Fsp3) is 0.571. The minimum Gasteiger partial charge on any atom is -0.393 e. The van der Waals surface area contributed by atoms with Crippen molar-refractivity contribution < 1.29 is 5.11 Å². The zero-order valence-corrected chi connectivity index (χ0v) is 10.7. The van der Waals surface area contributed by atoms with Crippen molar-refractivity contribution >= 4 is 0 Å². The molecule has 0 fully saturated rings. The molecule has 0 heterocycles. The number of hydrogen-bond donors (Lipinski definition) is 2. The van der Waals surface area contributed by atoms with Gasteiger partial charge in [0.05, 0.1) is 6.10 Å². The van der Waals surface area contributed by atoms with Crippen molar-refractivity contribution in [2.75, 3.05) is 0 Å². The third-order valence-corrected chi connectivity index (χ3v) is 2.83. The average molecular weight is 221 g/mol. The van der Waals surface area contributed by atoms with Crippen LogP contribution in [0.5, 0.6) is 0 Å². The maximum absolute atomic E-state index is 9.27. The van der Waals surface area contributed by atoms with Crippen molar-refractivity contribution in [2.24, 2.45) is 0 Å². The predicted octanol–water partition coefficient (Wildman–Crippen LogP) is 2.55. The first kappa shape index (κ1) is 13.2. The van der Waals surface area contributed by atoms with Gasteiger partial charge >= 0.3 is 0 Å². The summed E-state index contributed by atoms with van der Waals surface area (Å²) in [6, 6.07) is 6.87. The predicted molar refractivity (Wildman–Crippen MR) is 68.5 cm³/mol. The Morgan fingerprint density at radius 3 is 2.50 bits per heavy atom. The van der Waals surface area contributed by atoms with Crippen molar-refractivity contribution in [1.82, 2.24) is 5.32 Å². The van der Waals surface area contributed by atoms with Crippen molar-refractivity contribution in [3.8, 4) is 0 Å². The summed E-state index contributed by atoms with van der Waals surface area (Å²) in [6.07, 6.45) is 0.562. The van der Waals surface area contributed by atoms with Gasteiger partial charge in [0, 0.05) is 12.6 Å². The summed E-state index contributed by atoms with van der Waals surface area (Å²) in [5.74, 6) is 0. The molecule has 0 saturated heterocycles. The van der Waals surface area contributed by atoms with Crippen molar-refractivity contribution in [1.29, 1.82) is 0 Å². The fourth-order valence-electron chi connectivity index (χ4n) is 1.92.